The van der Waals surface area contributed by atoms with Crippen LogP contribution in [-0.2, 0) is 5.41 Å². The predicted molar refractivity (Wildman–Crippen MR) is 245 cm³/mol. The summed E-state index contributed by atoms with van der Waals surface area (Å²) in [5.41, 5.74) is 14.8. The van der Waals surface area contributed by atoms with E-state index in [9.17, 15) is 0 Å². The number of hydrogen-bond donors (Lipinski definition) is 1. The first kappa shape index (κ1) is 33.6. The van der Waals surface area contributed by atoms with Gasteiger partial charge in [0.05, 0.1) is 16.7 Å². The lowest BCUT2D eigenvalue weighted by atomic mass is 9.81. The monoisotopic (exact) mass is 757 g/mol. The van der Waals surface area contributed by atoms with Crippen LogP contribution in [0.1, 0.15) is 36.1 Å². The number of hydrogen-bond acceptors (Lipinski definition) is 4. The number of para-hydroxylation sites is 1. The van der Waals surface area contributed by atoms with Gasteiger partial charge in [0, 0.05) is 33.0 Å². The molecule has 3 heterocycles. The zero-order valence-electron chi connectivity index (χ0n) is 32.8. The molecule has 280 valence electrons. The highest BCUT2D eigenvalue weighted by Crippen LogP contribution is 2.50. The number of benzene rings is 8. The van der Waals surface area contributed by atoms with Gasteiger partial charge in [-0.3, -0.25) is 9.47 Å². The number of aliphatic imine (C=N–C) groups is 2. The molecule has 0 bridgehead atoms. The van der Waals surface area contributed by atoms with Crippen molar-refractivity contribution in [2.75, 3.05) is 4.90 Å². The molecule has 8 aromatic carbocycles. The van der Waals surface area contributed by atoms with Gasteiger partial charge in [0.15, 0.2) is 6.17 Å². The number of aromatic nitrogens is 1. The summed E-state index contributed by atoms with van der Waals surface area (Å²) in [7, 11) is 0. The van der Waals surface area contributed by atoms with Crippen molar-refractivity contribution in [1.82, 2.24) is 9.88 Å². The summed E-state index contributed by atoms with van der Waals surface area (Å²) < 4.78 is 2.33. The third-order valence-electron chi connectivity index (χ3n) is 12.6. The summed E-state index contributed by atoms with van der Waals surface area (Å²) in [5.74, 6) is 1.63. The largest absolute Gasteiger partial charge is 0.329 e. The van der Waals surface area contributed by atoms with Crippen LogP contribution < -0.4 is 10.2 Å². The lowest BCUT2D eigenvalue weighted by molar-refractivity contribution is 0.660. The lowest BCUT2D eigenvalue weighted by Gasteiger charge is -2.33. The van der Waals surface area contributed by atoms with E-state index in [-0.39, 0.29) is 11.6 Å². The minimum Gasteiger partial charge on any atom is -0.329 e. The van der Waals surface area contributed by atoms with E-state index < -0.39 is 0 Å². The second kappa shape index (κ2) is 12.8. The van der Waals surface area contributed by atoms with Crippen molar-refractivity contribution >= 4 is 55.8 Å². The van der Waals surface area contributed by atoms with Crippen LogP contribution in [0.25, 0.3) is 60.5 Å². The number of fused-ring (bicyclic) bond motifs is 9. The lowest BCUT2D eigenvalue weighted by Crippen LogP contribution is -2.51. The van der Waals surface area contributed by atoms with E-state index in [4.69, 9.17) is 9.98 Å². The highest BCUT2D eigenvalue weighted by atomic mass is 15.4. The molecule has 0 amide bonds. The standard InChI is InChI=1S/C54H39N5/c1-54(2)44-25-15-14-24-41(44)42-29-26-38(33-45(42)54)37-28-30-46-43(32-37)48-40-23-13-12-16-34(40)27-31-47(48)59(46)53-56-49(35-17-6-3-7-18-35)50-52(57-53)58(39-21-10-5-11-22-39)51(55-50)36-19-8-4-9-20-36/h3-33,52H,1-2H3,(H,56,57). The summed E-state index contributed by atoms with van der Waals surface area (Å²) in [4.78, 5) is 13.3. The van der Waals surface area contributed by atoms with E-state index in [1.54, 1.807) is 0 Å². The zero-order chi connectivity index (χ0) is 39.2. The molecule has 0 spiro atoms. The topological polar surface area (TPSA) is 44.9 Å². The minimum absolute atomic E-state index is 0.0795. The van der Waals surface area contributed by atoms with Gasteiger partial charge >= 0.3 is 0 Å². The molecule has 0 saturated carbocycles. The summed E-state index contributed by atoms with van der Waals surface area (Å²) in [6.07, 6.45) is -0.318. The van der Waals surface area contributed by atoms with Crippen molar-refractivity contribution in [3.63, 3.8) is 0 Å². The fourth-order valence-electron chi connectivity index (χ4n) is 9.76. The molecule has 12 rings (SSSR count). The third-order valence-corrected chi connectivity index (χ3v) is 12.6. The molecule has 0 fully saturated rings. The van der Waals surface area contributed by atoms with E-state index in [0.717, 1.165) is 51.0 Å². The molecule has 9 aromatic rings. The number of rotatable bonds is 4. The maximum absolute atomic E-state index is 5.54. The average molecular weight is 758 g/mol. The summed E-state index contributed by atoms with van der Waals surface area (Å²) in [5, 5.41) is 8.78. The number of nitrogens with one attached hydrogen (secondary N) is 1. The quantitative estimate of drug-likeness (QED) is 0.194. The maximum atomic E-state index is 5.54. The van der Waals surface area contributed by atoms with E-state index in [1.807, 2.05) is 0 Å². The van der Waals surface area contributed by atoms with Crippen LogP contribution in [0, 0.1) is 0 Å². The average Bonchev–Trinajstić information content (AvgIpc) is 3.92. The Morgan fingerprint density at radius 3 is 1.97 bits per heavy atom. The summed E-state index contributed by atoms with van der Waals surface area (Å²) >= 11 is 0. The van der Waals surface area contributed by atoms with E-state index in [1.165, 1.54) is 54.9 Å². The molecular weight excluding hydrogens is 719 g/mol. The van der Waals surface area contributed by atoms with Crippen molar-refractivity contribution in [3.8, 4) is 22.3 Å². The Kier molecular flexibility index (Phi) is 7.27. The molecule has 1 aromatic heterocycles. The fraction of sp³-hybridized carbons (Fsp3) is 0.0741. The first-order valence-corrected chi connectivity index (χ1v) is 20.4. The second-order valence-electron chi connectivity index (χ2n) is 16.3. The first-order valence-electron chi connectivity index (χ1n) is 20.4. The zero-order valence-corrected chi connectivity index (χ0v) is 32.8. The van der Waals surface area contributed by atoms with Crippen LogP contribution in [0.4, 0.5) is 5.69 Å². The van der Waals surface area contributed by atoms with E-state index >= 15 is 0 Å². The smallest absolute Gasteiger partial charge is 0.210 e. The van der Waals surface area contributed by atoms with Gasteiger partial charge in [0.1, 0.15) is 11.5 Å². The van der Waals surface area contributed by atoms with Crippen molar-refractivity contribution < 1.29 is 0 Å². The molecule has 0 radical (unpaired) electrons. The van der Waals surface area contributed by atoms with Crippen LogP contribution in [-0.4, -0.2) is 22.5 Å². The van der Waals surface area contributed by atoms with Gasteiger partial charge in [-0.2, -0.15) is 0 Å². The Balaban J connectivity index is 1.08. The van der Waals surface area contributed by atoms with Gasteiger partial charge < -0.3 is 5.32 Å². The Morgan fingerprint density at radius 1 is 0.508 bits per heavy atom. The molecule has 1 N–H and O–H groups in total. The number of anilines is 1. The normalized spacial score (nSPS) is 16.5. The molecule has 2 aliphatic heterocycles. The maximum Gasteiger partial charge on any atom is 0.210 e. The molecule has 0 saturated heterocycles. The Labute approximate surface area is 342 Å². The summed E-state index contributed by atoms with van der Waals surface area (Å²) in [6, 6.07) is 67.6. The van der Waals surface area contributed by atoms with Crippen molar-refractivity contribution in [2.24, 2.45) is 9.98 Å². The van der Waals surface area contributed by atoms with Gasteiger partial charge in [-0.05, 0) is 80.6 Å². The van der Waals surface area contributed by atoms with Crippen molar-refractivity contribution in [2.45, 2.75) is 25.4 Å². The van der Waals surface area contributed by atoms with E-state index in [0.29, 0.717) is 0 Å². The highest BCUT2D eigenvalue weighted by Gasteiger charge is 2.40. The van der Waals surface area contributed by atoms with Crippen molar-refractivity contribution in [1.29, 1.82) is 0 Å². The predicted octanol–water partition coefficient (Wildman–Crippen LogP) is 12.4. The number of nitrogens with zero attached hydrogens (tertiary/aromatic N) is 4. The van der Waals surface area contributed by atoms with Gasteiger partial charge in [-0.25, -0.2) is 9.98 Å². The highest BCUT2D eigenvalue weighted by molar-refractivity contribution is 6.25. The Morgan fingerprint density at radius 2 is 1.15 bits per heavy atom. The minimum atomic E-state index is -0.318. The third kappa shape index (κ3) is 5.04. The van der Waals surface area contributed by atoms with Crippen LogP contribution >= 0.6 is 0 Å². The second-order valence-corrected chi connectivity index (χ2v) is 16.3. The van der Waals surface area contributed by atoms with Gasteiger partial charge in [-0.1, -0.05) is 166 Å². The number of amidine groups is 1. The van der Waals surface area contributed by atoms with E-state index in [2.05, 4.69) is 217 Å². The van der Waals surface area contributed by atoms with Crippen LogP contribution in [0.2, 0.25) is 0 Å². The molecule has 1 atom stereocenters. The van der Waals surface area contributed by atoms with Gasteiger partial charge in [0.25, 0.3) is 0 Å². The molecule has 1 unspecified atom stereocenters. The molecule has 5 heteroatoms. The first-order chi connectivity index (χ1) is 29.0. The SMILES string of the molecule is CC1(C)c2ccccc2-c2ccc(-c3ccc4c(c3)c3c5ccccc5ccc3n4C3=NC(c4ccccc4)=C4N=C(c5ccccc5)N(c5ccccc5)C4N3)cc21. The Hall–Kier alpha value is -7.50. The molecule has 5 nitrogen and oxygen atoms in total. The van der Waals surface area contributed by atoms with Gasteiger partial charge in [0.2, 0.25) is 5.96 Å². The summed E-state index contributed by atoms with van der Waals surface area (Å²) in [6.45, 7) is 4.70. The Bertz CT molecular complexity index is 3260. The molecule has 59 heavy (non-hydrogen) atoms. The van der Waals surface area contributed by atoms with Gasteiger partial charge in [-0.15, -0.1) is 0 Å². The van der Waals surface area contributed by atoms with Crippen molar-refractivity contribution in [3.05, 3.63) is 216 Å². The van der Waals surface area contributed by atoms with Crippen LogP contribution in [0.3, 0.4) is 0 Å². The molecular formula is C54H39N5. The molecule has 1 aliphatic carbocycles. The van der Waals surface area contributed by atoms with Crippen LogP contribution in [0.15, 0.2) is 204 Å². The molecule has 3 aliphatic rings. The fourth-order valence-corrected chi connectivity index (χ4v) is 9.76. The van der Waals surface area contributed by atoms with Crippen LogP contribution in [0.5, 0.6) is 0 Å².